The lowest BCUT2D eigenvalue weighted by Gasteiger charge is -2.36. The zero-order chi connectivity index (χ0) is 16.1. The molecule has 2 heterocycles. The fourth-order valence-electron chi connectivity index (χ4n) is 2.86. The van der Waals surface area contributed by atoms with Crippen LogP contribution in [0, 0.1) is 0 Å². The number of benzene rings is 2. The van der Waals surface area contributed by atoms with Gasteiger partial charge in [0.15, 0.2) is 0 Å². The Hall–Kier alpha value is -1.97. The van der Waals surface area contributed by atoms with Gasteiger partial charge >= 0.3 is 0 Å². The maximum absolute atomic E-state index is 6.10. The second-order valence-corrected chi connectivity index (χ2v) is 6.37. The number of halogens is 1. The average molecular weight is 328 g/mol. The van der Waals surface area contributed by atoms with E-state index in [1.54, 1.807) is 0 Å². The summed E-state index contributed by atoms with van der Waals surface area (Å²) < 4.78 is 0. The maximum Gasteiger partial charge on any atom is 0.100 e. The summed E-state index contributed by atoms with van der Waals surface area (Å²) in [5, 5.41) is 4.58. The summed E-state index contributed by atoms with van der Waals surface area (Å²) in [5.41, 5.74) is 2.52. The zero-order valence-electron chi connectivity index (χ0n) is 13.2. The Labute approximate surface area is 142 Å². The summed E-state index contributed by atoms with van der Waals surface area (Å²) in [6, 6.07) is 21.1. The monoisotopic (exact) mass is 327 g/mol. The number of piperazine rings is 1. The summed E-state index contributed by atoms with van der Waals surface area (Å²) in [7, 11) is 0. The quantitative estimate of drug-likeness (QED) is 0.518. The van der Waals surface area contributed by atoms with Crippen molar-refractivity contribution in [1.82, 2.24) is 10.3 Å². The molecule has 2 atom stereocenters. The number of aromatic nitrogens is 1. The van der Waals surface area contributed by atoms with Crippen LogP contribution in [0.25, 0.3) is 10.9 Å². The van der Waals surface area contributed by atoms with E-state index in [1.165, 1.54) is 16.6 Å². The molecule has 0 radical (unpaired) electrons. The first-order chi connectivity index (χ1) is 11.2. The standard InChI is InChI=1S/C11H15ClN2.C8H7N/c1-9-7-14(8-11(12)13-9)10-5-3-2-4-6-10;1-2-4-8-7(3-1)5-6-9-8/h2-6,9,11,13H,7-8H2,1H3;1-6,9H. The van der Waals surface area contributed by atoms with Gasteiger partial charge in [0.2, 0.25) is 0 Å². The Morgan fingerprint density at radius 3 is 2.43 bits per heavy atom. The third kappa shape index (κ3) is 4.27. The average Bonchev–Trinajstić information content (AvgIpc) is 3.04. The normalized spacial score (nSPS) is 20.9. The number of anilines is 1. The van der Waals surface area contributed by atoms with E-state index < -0.39 is 0 Å². The van der Waals surface area contributed by atoms with Gasteiger partial charge in [0.1, 0.15) is 5.50 Å². The third-order valence-electron chi connectivity index (χ3n) is 3.92. The molecule has 3 nitrogen and oxygen atoms in total. The van der Waals surface area contributed by atoms with E-state index in [0.717, 1.165) is 13.1 Å². The van der Waals surface area contributed by atoms with E-state index in [4.69, 9.17) is 11.6 Å². The fraction of sp³-hybridized carbons (Fsp3) is 0.263. The number of nitrogens with one attached hydrogen (secondary N) is 2. The van der Waals surface area contributed by atoms with Gasteiger partial charge < -0.3 is 9.88 Å². The van der Waals surface area contributed by atoms with Gasteiger partial charge in [-0.2, -0.15) is 0 Å². The summed E-state index contributed by atoms with van der Waals surface area (Å²) in [6.07, 6.45) is 1.95. The van der Waals surface area contributed by atoms with Crippen molar-refractivity contribution < 1.29 is 0 Å². The molecule has 1 saturated heterocycles. The molecule has 0 saturated carbocycles. The molecule has 3 aromatic rings. The van der Waals surface area contributed by atoms with Crippen LogP contribution in [0.2, 0.25) is 0 Å². The lowest BCUT2D eigenvalue weighted by molar-refractivity contribution is 0.457. The van der Waals surface area contributed by atoms with Crippen LogP contribution in [0.5, 0.6) is 0 Å². The Morgan fingerprint density at radius 1 is 0.957 bits per heavy atom. The van der Waals surface area contributed by atoms with E-state index in [2.05, 4.69) is 64.6 Å². The molecule has 1 aliphatic rings. The minimum absolute atomic E-state index is 0.0546. The van der Waals surface area contributed by atoms with Crippen LogP contribution in [0.4, 0.5) is 5.69 Å². The van der Waals surface area contributed by atoms with Crippen molar-refractivity contribution in [3.63, 3.8) is 0 Å². The minimum Gasteiger partial charge on any atom is -0.367 e. The van der Waals surface area contributed by atoms with Gasteiger partial charge in [-0.3, -0.25) is 5.32 Å². The second-order valence-electron chi connectivity index (χ2n) is 5.84. The predicted molar refractivity (Wildman–Crippen MR) is 99.2 cm³/mol. The molecule has 2 unspecified atom stereocenters. The first kappa shape index (κ1) is 15.9. The van der Waals surface area contributed by atoms with Crippen molar-refractivity contribution in [1.29, 1.82) is 0 Å². The lowest BCUT2D eigenvalue weighted by Crippen LogP contribution is -2.53. The highest BCUT2D eigenvalue weighted by atomic mass is 35.5. The van der Waals surface area contributed by atoms with Crippen molar-refractivity contribution >= 4 is 28.2 Å². The molecule has 4 heteroatoms. The van der Waals surface area contributed by atoms with Crippen molar-refractivity contribution in [2.45, 2.75) is 18.5 Å². The number of para-hydroxylation sites is 2. The topological polar surface area (TPSA) is 31.1 Å². The van der Waals surface area contributed by atoms with Crippen LogP contribution in [-0.4, -0.2) is 29.6 Å². The number of hydrogen-bond donors (Lipinski definition) is 2. The molecule has 0 bridgehead atoms. The highest BCUT2D eigenvalue weighted by Crippen LogP contribution is 2.17. The number of fused-ring (bicyclic) bond motifs is 1. The molecular weight excluding hydrogens is 306 g/mol. The first-order valence-electron chi connectivity index (χ1n) is 7.94. The molecule has 120 valence electrons. The molecule has 0 amide bonds. The Bertz CT molecular complexity index is 685. The van der Waals surface area contributed by atoms with Crippen LogP contribution in [0.1, 0.15) is 6.92 Å². The smallest absolute Gasteiger partial charge is 0.100 e. The molecule has 2 aromatic carbocycles. The second kappa shape index (κ2) is 7.53. The summed E-state index contributed by atoms with van der Waals surface area (Å²) >= 11 is 6.10. The molecule has 1 aromatic heterocycles. The van der Waals surface area contributed by atoms with Crippen molar-refractivity contribution in [2.75, 3.05) is 18.0 Å². The van der Waals surface area contributed by atoms with E-state index in [9.17, 15) is 0 Å². The van der Waals surface area contributed by atoms with Crippen LogP contribution in [0.3, 0.4) is 0 Å². The van der Waals surface area contributed by atoms with Crippen LogP contribution in [-0.2, 0) is 0 Å². The Balaban J connectivity index is 0.000000149. The van der Waals surface area contributed by atoms with Crippen molar-refractivity contribution in [3.05, 3.63) is 66.9 Å². The van der Waals surface area contributed by atoms with Gasteiger partial charge in [0.05, 0.1) is 0 Å². The Kier molecular flexibility index (Phi) is 5.21. The largest absolute Gasteiger partial charge is 0.367 e. The van der Waals surface area contributed by atoms with E-state index in [1.807, 2.05) is 24.4 Å². The number of H-pyrrole nitrogens is 1. The number of alkyl halides is 1. The number of aromatic amines is 1. The van der Waals surface area contributed by atoms with Gasteiger partial charge in [-0.15, -0.1) is 11.6 Å². The maximum atomic E-state index is 6.10. The van der Waals surface area contributed by atoms with Gasteiger partial charge in [0, 0.05) is 36.5 Å². The molecule has 23 heavy (non-hydrogen) atoms. The first-order valence-corrected chi connectivity index (χ1v) is 8.38. The van der Waals surface area contributed by atoms with Crippen molar-refractivity contribution in [2.24, 2.45) is 0 Å². The SMILES string of the molecule is CC1CN(c2ccccc2)CC(Cl)N1.c1ccc2[nH]ccc2c1. The molecular formula is C19H22ClN3. The number of hydrogen-bond acceptors (Lipinski definition) is 2. The zero-order valence-corrected chi connectivity index (χ0v) is 14.0. The third-order valence-corrected chi connectivity index (χ3v) is 4.19. The predicted octanol–water partition coefficient (Wildman–Crippen LogP) is 4.22. The minimum atomic E-state index is 0.0546. The number of nitrogens with zero attached hydrogens (tertiary/aromatic N) is 1. The summed E-state index contributed by atoms with van der Waals surface area (Å²) in [6.45, 7) is 4.05. The summed E-state index contributed by atoms with van der Waals surface area (Å²) in [5.74, 6) is 0. The van der Waals surface area contributed by atoms with E-state index in [-0.39, 0.29) is 5.50 Å². The molecule has 0 aliphatic carbocycles. The van der Waals surface area contributed by atoms with E-state index in [0.29, 0.717) is 6.04 Å². The van der Waals surface area contributed by atoms with Crippen LogP contribution >= 0.6 is 11.6 Å². The molecule has 2 N–H and O–H groups in total. The van der Waals surface area contributed by atoms with E-state index >= 15 is 0 Å². The lowest BCUT2D eigenvalue weighted by atomic mass is 10.2. The highest BCUT2D eigenvalue weighted by Gasteiger charge is 2.21. The summed E-state index contributed by atoms with van der Waals surface area (Å²) in [4.78, 5) is 5.44. The van der Waals surface area contributed by atoms with Gasteiger partial charge in [-0.1, -0.05) is 36.4 Å². The van der Waals surface area contributed by atoms with Gasteiger partial charge in [0.25, 0.3) is 0 Å². The fourth-order valence-corrected chi connectivity index (χ4v) is 3.24. The van der Waals surface area contributed by atoms with Crippen LogP contribution < -0.4 is 10.2 Å². The molecule has 1 fully saturated rings. The highest BCUT2D eigenvalue weighted by molar-refractivity contribution is 6.20. The van der Waals surface area contributed by atoms with Crippen LogP contribution in [0.15, 0.2) is 66.9 Å². The number of rotatable bonds is 1. The Morgan fingerprint density at radius 2 is 1.70 bits per heavy atom. The van der Waals surface area contributed by atoms with Gasteiger partial charge in [-0.05, 0) is 36.6 Å². The van der Waals surface area contributed by atoms with Gasteiger partial charge in [-0.25, -0.2) is 0 Å². The molecule has 4 rings (SSSR count). The molecule has 0 spiro atoms. The van der Waals surface area contributed by atoms with Crippen molar-refractivity contribution in [3.8, 4) is 0 Å². The molecule has 1 aliphatic heterocycles.